The zero-order chi connectivity index (χ0) is 10.7. The smallest absolute Gasteiger partial charge is 0.357 e. The molecular weight excluding hydrogens is 214 g/mol. The van der Waals surface area contributed by atoms with Crippen molar-refractivity contribution in [1.29, 1.82) is 0 Å². The average molecular weight is 227 g/mol. The van der Waals surface area contributed by atoms with Gasteiger partial charge >= 0.3 is 5.97 Å². The lowest BCUT2D eigenvalue weighted by Gasteiger charge is -2.10. The predicted molar refractivity (Wildman–Crippen MR) is 56.0 cm³/mol. The zero-order valence-electron chi connectivity index (χ0n) is 8.51. The summed E-state index contributed by atoms with van der Waals surface area (Å²) < 4.78 is 10.6. The lowest BCUT2D eigenvalue weighted by atomic mass is 10.2. The molecule has 0 spiro atoms. The summed E-state index contributed by atoms with van der Waals surface area (Å²) in [5.41, 5.74) is 2.00. The molecule has 1 fully saturated rings. The van der Waals surface area contributed by atoms with Crippen LogP contribution in [0.15, 0.2) is 10.9 Å². The fourth-order valence-electron chi connectivity index (χ4n) is 1.56. The molecule has 2 rings (SSSR count). The molecule has 2 atom stereocenters. The SMILES string of the molecule is C[C@H]1CC[C@@H](COC(=O)c2cscn2)O1. The number of ether oxygens (including phenoxy) is 2. The standard InChI is InChI=1S/C10H13NO3S/c1-7-2-3-8(14-7)4-13-10(12)9-5-15-6-11-9/h5-8H,2-4H2,1H3/t7-,8-/m0/s1. The van der Waals surface area contributed by atoms with Gasteiger partial charge in [-0.2, -0.15) is 0 Å². The summed E-state index contributed by atoms with van der Waals surface area (Å²) in [5, 5.41) is 1.68. The first-order valence-electron chi connectivity index (χ1n) is 4.96. The van der Waals surface area contributed by atoms with E-state index in [0.29, 0.717) is 12.3 Å². The number of carbonyl (C=O) groups excluding carboxylic acids is 1. The number of hydrogen-bond acceptors (Lipinski definition) is 5. The van der Waals surface area contributed by atoms with Crippen molar-refractivity contribution >= 4 is 17.3 Å². The molecule has 2 heterocycles. The van der Waals surface area contributed by atoms with Gasteiger partial charge in [0.25, 0.3) is 0 Å². The van der Waals surface area contributed by atoms with E-state index in [2.05, 4.69) is 4.98 Å². The van der Waals surface area contributed by atoms with Crippen LogP contribution in [0.1, 0.15) is 30.3 Å². The quantitative estimate of drug-likeness (QED) is 0.740. The van der Waals surface area contributed by atoms with Crippen LogP contribution in [0.5, 0.6) is 0 Å². The fourth-order valence-corrected chi connectivity index (χ4v) is 2.09. The van der Waals surface area contributed by atoms with Gasteiger partial charge in [-0.1, -0.05) is 0 Å². The first kappa shape index (κ1) is 10.6. The number of thiazole rings is 1. The Labute approximate surface area is 92.2 Å². The van der Waals surface area contributed by atoms with Crippen LogP contribution in [0, 0.1) is 0 Å². The maximum Gasteiger partial charge on any atom is 0.357 e. The van der Waals surface area contributed by atoms with Gasteiger partial charge < -0.3 is 9.47 Å². The van der Waals surface area contributed by atoms with Crippen LogP contribution < -0.4 is 0 Å². The highest BCUT2D eigenvalue weighted by atomic mass is 32.1. The molecule has 0 unspecified atom stereocenters. The van der Waals surface area contributed by atoms with Gasteiger partial charge in [0.1, 0.15) is 6.61 Å². The van der Waals surface area contributed by atoms with Crippen molar-refractivity contribution in [2.75, 3.05) is 6.61 Å². The molecule has 1 aromatic rings. The highest BCUT2D eigenvalue weighted by molar-refractivity contribution is 7.07. The molecule has 1 saturated heterocycles. The molecule has 0 aromatic carbocycles. The molecule has 5 heteroatoms. The zero-order valence-corrected chi connectivity index (χ0v) is 9.33. The molecule has 0 amide bonds. The van der Waals surface area contributed by atoms with E-state index in [9.17, 15) is 4.79 Å². The number of aromatic nitrogens is 1. The Hall–Kier alpha value is -0.940. The Kier molecular flexibility index (Phi) is 3.33. The van der Waals surface area contributed by atoms with Crippen molar-refractivity contribution in [2.45, 2.75) is 32.0 Å². The van der Waals surface area contributed by atoms with Gasteiger partial charge in [-0.15, -0.1) is 11.3 Å². The van der Waals surface area contributed by atoms with Crippen LogP contribution in [0.25, 0.3) is 0 Å². The van der Waals surface area contributed by atoms with Crippen molar-refractivity contribution in [3.05, 3.63) is 16.6 Å². The van der Waals surface area contributed by atoms with Crippen LogP contribution in [-0.4, -0.2) is 29.8 Å². The summed E-state index contributed by atoms with van der Waals surface area (Å²) in [6.07, 6.45) is 2.35. The summed E-state index contributed by atoms with van der Waals surface area (Å²) in [4.78, 5) is 15.3. The number of carbonyl (C=O) groups is 1. The lowest BCUT2D eigenvalue weighted by molar-refractivity contribution is -0.00294. The van der Waals surface area contributed by atoms with E-state index in [0.717, 1.165) is 12.8 Å². The van der Waals surface area contributed by atoms with Crippen LogP contribution in [0.2, 0.25) is 0 Å². The van der Waals surface area contributed by atoms with E-state index < -0.39 is 0 Å². The molecule has 0 radical (unpaired) electrons. The molecule has 82 valence electrons. The maximum atomic E-state index is 11.4. The minimum atomic E-state index is -0.362. The first-order valence-corrected chi connectivity index (χ1v) is 5.91. The molecule has 0 saturated carbocycles. The van der Waals surface area contributed by atoms with Crippen LogP contribution >= 0.6 is 11.3 Å². The minimum absolute atomic E-state index is 0.0579. The summed E-state index contributed by atoms with van der Waals surface area (Å²) in [6, 6.07) is 0. The molecule has 1 aliphatic rings. The molecule has 0 bridgehead atoms. The molecule has 1 aliphatic heterocycles. The lowest BCUT2D eigenvalue weighted by Crippen LogP contribution is -2.19. The van der Waals surface area contributed by atoms with Crippen molar-refractivity contribution < 1.29 is 14.3 Å². The monoisotopic (exact) mass is 227 g/mol. The van der Waals surface area contributed by atoms with Crippen LogP contribution in [0.4, 0.5) is 0 Å². The van der Waals surface area contributed by atoms with Crippen molar-refractivity contribution in [1.82, 2.24) is 4.98 Å². The Bertz CT molecular complexity index is 325. The number of rotatable bonds is 3. The Morgan fingerprint density at radius 3 is 3.20 bits per heavy atom. The minimum Gasteiger partial charge on any atom is -0.458 e. The molecule has 15 heavy (non-hydrogen) atoms. The molecule has 0 aliphatic carbocycles. The highest BCUT2D eigenvalue weighted by Gasteiger charge is 2.23. The van der Waals surface area contributed by atoms with E-state index >= 15 is 0 Å². The third-order valence-electron chi connectivity index (χ3n) is 2.36. The number of esters is 1. The summed E-state index contributed by atoms with van der Waals surface area (Å²) in [7, 11) is 0. The van der Waals surface area contributed by atoms with E-state index in [4.69, 9.17) is 9.47 Å². The third kappa shape index (κ3) is 2.76. The molecule has 4 nitrogen and oxygen atoms in total. The summed E-state index contributed by atoms with van der Waals surface area (Å²) in [6.45, 7) is 2.36. The third-order valence-corrected chi connectivity index (χ3v) is 2.95. The number of nitrogens with zero attached hydrogens (tertiary/aromatic N) is 1. The van der Waals surface area contributed by atoms with E-state index in [1.807, 2.05) is 6.92 Å². The second kappa shape index (κ2) is 4.72. The summed E-state index contributed by atoms with van der Waals surface area (Å²) >= 11 is 1.38. The second-order valence-electron chi connectivity index (χ2n) is 3.62. The Morgan fingerprint density at radius 1 is 1.73 bits per heavy atom. The van der Waals surface area contributed by atoms with Gasteiger partial charge in [-0.25, -0.2) is 9.78 Å². The maximum absolute atomic E-state index is 11.4. The molecule has 1 aromatic heterocycles. The second-order valence-corrected chi connectivity index (χ2v) is 4.34. The van der Waals surface area contributed by atoms with E-state index in [-0.39, 0.29) is 18.2 Å². The van der Waals surface area contributed by atoms with Gasteiger partial charge in [0.05, 0.1) is 17.7 Å². The molecular formula is C10H13NO3S. The topological polar surface area (TPSA) is 48.4 Å². The highest BCUT2D eigenvalue weighted by Crippen LogP contribution is 2.19. The van der Waals surface area contributed by atoms with Gasteiger partial charge in [0.2, 0.25) is 0 Å². The van der Waals surface area contributed by atoms with Crippen molar-refractivity contribution in [3.8, 4) is 0 Å². The van der Waals surface area contributed by atoms with E-state index in [1.165, 1.54) is 11.3 Å². The number of hydrogen-bond donors (Lipinski definition) is 0. The van der Waals surface area contributed by atoms with Crippen LogP contribution in [-0.2, 0) is 9.47 Å². The van der Waals surface area contributed by atoms with Gasteiger partial charge in [-0.3, -0.25) is 0 Å². The predicted octanol–water partition coefficient (Wildman–Crippen LogP) is 1.87. The van der Waals surface area contributed by atoms with E-state index in [1.54, 1.807) is 10.9 Å². The van der Waals surface area contributed by atoms with Gasteiger partial charge in [0.15, 0.2) is 5.69 Å². The van der Waals surface area contributed by atoms with Gasteiger partial charge in [-0.05, 0) is 19.8 Å². The van der Waals surface area contributed by atoms with Crippen LogP contribution in [0.3, 0.4) is 0 Å². The normalized spacial score (nSPS) is 25.4. The van der Waals surface area contributed by atoms with Gasteiger partial charge in [0, 0.05) is 5.38 Å². The van der Waals surface area contributed by atoms with Crippen molar-refractivity contribution in [3.63, 3.8) is 0 Å². The van der Waals surface area contributed by atoms with Crippen molar-refractivity contribution in [2.24, 2.45) is 0 Å². The Morgan fingerprint density at radius 2 is 2.60 bits per heavy atom. The Balaban J connectivity index is 1.76. The molecule has 0 N–H and O–H groups in total. The average Bonchev–Trinajstić information content (AvgIpc) is 2.84. The summed E-state index contributed by atoms with van der Waals surface area (Å²) in [5.74, 6) is -0.362. The first-order chi connectivity index (χ1) is 7.25. The largest absolute Gasteiger partial charge is 0.458 e. The fraction of sp³-hybridized carbons (Fsp3) is 0.600.